The SMILES string of the molecule is COCCOc1ccc(S(C)(=O)=O)cc1NC(=O)Cc1csc(NC(=O)c2ccco2)n1. The smallest absolute Gasteiger partial charge is 0.293 e. The molecule has 0 saturated heterocycles. The number of carbonyl (C=O) groups excluding carboxylic acids is 2. The summed E-state index contributed by atoms with van der Waals surface area (Å²) in [7, 11) is -1.95. The van der Waals surface area contributed by atoms with Crippen molar-refractivity contribution in [2.45, 2.75) is 11.3 Å². The first kappa shape index (κ1) is 23.4. The Labute approximate surface area is 188 Å². The molecule has 12 heteroatoms. The van der Waals surface area contributed by atoms with Crippen LogP contribution in [-0.2, 0) is 25.8 Å². The molecular formula is C20H21N3O7S2. The van der Waals surface area contributed by atoms with E-state index in [2.05, 4.69) is 15.6 Å². The van der Waals surface area contributed by atoms with E-state index in [9.17, 15) is 18.0 Å². The van der Waals surface area contributed by atoms with Gasteiger partial charge in [-0.3, -0.25) is 14.9 Å². The quantitative estimate of drug-likeness (QED) is 0.424. The highest BCUT2D eigenvalue weighted by atomic mass is 32.2. The van der Waals surface area contributed by atoms with Crippen molar-refractivity contribution in [3.63, 3.8) is 0 Å². The van der Waals surface area contributed by atoms with Crippen molar-refractivity contribution in [3.8, 4) is 5.75 Å². The van der Waals surface area contributed by atoms with Gasteiger partial charge in [-0.05, 0) is 30.3 Å². The minimum atomic E-state index is -3.48. The van der Waals surface area contributed by atoms with Crippen LogP contribution in [0.5, 0.6) is 5.75 Å². The van der Waals surface area contributed by atoms with Crippen molar-refractivity contribution in [2.75, 3.05) is 37.2 Å². The number of nitrogens with one attached hydrogen (secondary N) is 2. The molecule has 0 saturated carbocycles. The largest absolute Gasteiger partial charge is 0.489 e. The molecule has 0 fully saturated rings. The minimum absolute atomic E-state index is 0.0449. The molecule has 32 heavy (non-hydrogen) atoms. The molecule has 10 nitrogen and oxygen atoms in total. The molecule has 1 aromatic carbocycles. The van der Waals surface area contributed by atoms with E-state index in [1.54, 1.807) is 11.4 Å². The second-order valence-corrected chi connectivity index (χ2v) is 9.45. The van der Waals surface area contributed by atoms with Crippen molar-refractivity contribution >= 4 is 43.8 Å². The summed E-state index contributed by atoms with van der Waals surface area (Å²) in [4.78, 5) is 28.8. The molecule has 3 aromatic rings. The van der Waals surface area contributed by atoms with Crippen LogP contribution in [0.15, 0.2) is 51.3 Å². The Balaban J connectivity index is 1.68. The zero-order valence-electron chi connectivity index (χ0n) is 17.3. The van der Waals surface area contributed by atoms with Gasteiger partial charge in [0.05, 0.1) is 35.6 Å². The van der Waals surface area contributed by atoms with Gasteiger partial charge in [-0.25, -0.2) is 13.4 Å². The Morgan fingerprint density at radius 1 is 1.19 bits per heavy atom. The Bertz CT molecular complexity index is 1190. The van der Waals surface area contributed by atoms with E-state index in [-0.39, 0.29) is 29.4 Å². The molecule has 0 spiro atoms. The monoisotopic (exact) mass is 479 g/mol. The van der Waals surface area contributed by atoms with Gasteiger partial charge in [-0.15, -0.1) is 11.3 Å². The standard InChI is InChI=1S/C20H21N3O7S2/c1-28-8-9-30-16-6-5-14(32(2,26)27)11-15(16)22-18(24)10-13-12-31-20(21-13)23-19(25)17-4-3-7-29-17/h3-7,11-12H,8-10H2,1-2H3,(H,22,24)(H,21,23,25). The molecule has 0 aliphatic rings. The third kappa shape index (κ3) is 6.39. The Morgan fingerprint density at radius 3 is 2.69 bits per heavy atom. The molecule has 2 aromatic heterocycles. The fraction of sp³-hybridized carbons (Fsp3) is 0.250. The molecule has 3 rings (SSSR count). The Kier molecular flexibility index (Phi) is 7.62. The van der Waals surface area contributed by atoms with Gasteiger partial charge < -0.3 is 19.2 Å². The lowest BCUT2D eigenvalue weighted by molar-refractivity contribution is -0.115. The van der Waals surface area contributed by atoms with Gasteiger partial charge >= 0.3 is 0 Å². The van der Waals surface area contributed by atoms with Crippen molar-refractivity contribution in [3.05, 3.63) is 53.4 Å². The molecule has 0 unspecified atom stereocenters. The highest BCUT2D eigenvalue weighted by Gasteiger charge is 2.16. The number of hydrogen-bond donors (Lipinski definition) is 2. The zero-order chi connectivity index (χ0) is 23.1. The number of thiazole rings is 1. The fourth-order valence-corrected chi connectivity index (χ4v) is 3.92. The van der Waals surface area contributed by atoms with E-state index in [1.807, 2.05) is 0 Å². The van der Waals surface area contributed by atoms with Gasteiger partial charge in [0.2, 0.25) is 5.91 Å². The summed E-state index contributed by atoms with van der Waals surface area (Å²) >= 11 is 1.16. The summed E-state index contributed by atoms with van der Waals surface area (Å²) in [5, 5.41) is 7.21. The van der Waals surface area contributed by atoms with E-state index < -0.39 is 21.7 Å². The molecule has 0 atom stereocenters. The predicted octanol–water partition coefficient (Wildman–Crippen LogP) is 2.60. The first-order chi connectivity index (χ1) is 15.3. The number of sulfone groups is 1. The molecule has 170 valence electrons. The first-order valence-electron chi connectivity index (χ1n) is 9.31. The number of hydrogen-bond acceptors (Lipinski definition) is 9. The van der Waals surface area contributed by atoms with E-state index in [1.165, 1.54) is 37.6 Å². The Morgan fingerprint density at radius 2 is 2.00 bits per heavy atom. The highest BCUT2D eigenvalue weighted by Crippen LogP contribution is 2.28. The van der Waals surface area contributed by atoms with Crippen molar-refractivity contribution in [1.82, 2.24) is 4.98 Å². The molecule has 2 heterocycles. The van der Waals surface area contributed by atoms with Crippen LogP contribution in [0.3, 0.4) is 0 Å². The van der Waals surface area contributed by atoms with Crippen LogP contribution in [0.4, 0.5) is 10.8 Å². The van der Waals surface area contributed by atoms with Crippen LogP contribution in [-0.4, -0.2) is 51.8 Å². The van der Waals surface area contributed by atoms with E-state index in [4.69, 9.17) is 13.9 Å². The number of anilines is 2. The molecule has 0 bridgehead atoms. The van der Waals surface area contributed by atoms with Crippen LogP contribution in [0.1, 0.15) is 16.2 Å². The fourth-order valence-electron chi connectivity index (χ4n) is 2.57. The number of ether oxygens (including phenoxy) is 2. The maximum atomic E-state index is 12.6. The van der Waals surface area contributed by atoms with E-state index in [0.717, 1.165) is 17.6 Å². The summed E-state index contributed by atoms with van der Waals surface area (Å²) in [6.07, 6.45) is 2.37. The van der Waals surface area contributed by atoms with E-state index in [0.29, 0.717) is 23.2 Å². The average molecular weight is 480 g/mol. The van der Waals surface area contributed by atoms with Gasteiger partial charge in [0.15, 0.2) is 20.7 Å². The lowest BCUT2D eigenvalue weighted by Crippen LogP contribution is -2.17. The Hall–Kier alpha value is -3.22. The van der Waals surface area contributed by atoms with E-state index >= 15 is 0 Å². The average Bonchev–Trinajstić information content (AvgIpc) is 3.41. The lowest BCUT2D eigenvalue weighted by Gasteiger charge is -2.13. The molecule has 0 aliphatic carbocycles. The molecule has 2 amide bonds. The second kappa shape index (κ2) is 10.4. The van der Waals surface area contributed by atoms with Crippen LogP contribution in [0.2, 0.25) is 0 Å². The van der Waals surface area contributed by atoms with Crippen LogP contribution in [0, 0.1) is 0 Å². The molecule has 0 aliphatic heterocycles. The predicted molar refractivity (Wildman–Crippen MR) is 118 cm³/mol. The molecule has 0 radical (unpaired) electrons. The number of aromatic nitrogens is 1. The number of methoxy groups -OCH3 is 1. The summed E-state index contributed by atoms with van der Waals surface area (Å²) in [6.45, 7) is 0.551. The lowest BCUT2D eigenvalue weighted by atomic mass is 10.2. The normalized spacial score (nSPS) is 11.2. The van der Waals surface area contributed by atoms with Crippen molar-refractivity contribution in [2.24, 2.45) is 0 Å². The third-order valence-electron chi connectivity index (χ3n) is 4.06. The van der Waals surface area contributed by atoms with Crippen molar-refractivity contribution in [1.29, 1.82) is 0 Å². The van der Waals surface area contributed by atoms with Gasteiger partial charge in [0, 0.05) is 18.7 Å². The third-order valence-corrected chi connectivity index (χ3v) is 5.97. The zero-order valence-corrected chi connectivity index (χ0v) is 18.9. The van der Waals surface area contributed by atoms with Crippen LogP contribution >= 0.6 is 11.3 Å². The van der Waals surface area contributed by atoms with Gasteiger partial charge in [0.25, 0.3) is 5.91 Å². The summed E-state index contributed by atoms with van der Waals surface area (Å²) in [5.41, 5.74) is 0.652. The number of carbonyl (C=O) groups is 2. The maximum Gasteiger partial charge on any atom is 0.293 e. The number of benzene rings is 1. The molecule has 2 N–H and O–H groups in total. The van der Waals surface area contributed by atoms with Crippen LogP contribution < -0.4 is 15.4 Å². The summed E-state index contributed by atoms with van der Waals surface area (Å²) < 4.78 is 39.3. The van der Waals surface area contributed by atoms with Gasteiger partial charge in [-0.2, -0.15) is 0 Å². The van der Waals surface area contributed by atoms with Gasteiger partial charge in [0.1, 0.15) is 12.4 Å². The summed E-state index contributed by atoms with van der Waals surface area (Å²) in [5.74, 6) is -0.420. The number of furan rings is 1. The molecular weight excluding hydrogens is 458 g/mol. The number of nitrogens with zero attached hydrogens (tertiary/aromatic N) is 1. The highest BCUT2D eigenvalue weighted by molar-refractivity contribution is 7.90. The topological polar surface area (TPSA) is 137 Å². The van der Waals surface area contributed by atoms with Crippen molar-refractivity contribution < 1.29 is 31.9 Å². The van der Waals surface area contributed by atoms with Crippen LogP contribution in [0.25, 0.3) is 0 Å². The minimum Gasteiger partial charge on any atom is -0.489 e. The first-order valence-corrected chi connectivity index (χ1v) is 12.1. The second-order valence-electron chi connectivity index (χ2n) is 6.57. The number of rotatable bonds is 10. The van der Waals surface area contributed by atoms with Gasteiger partial charge in [-0.1, -0.05) is 0 Å². The summed E-state index contributed by atoms with van der Waals surface area (Å²) in [6, 6.07) is 7.34. The maximum absolute atomic E-state index is 12.6. The number of amides is 2.